The van der Waals surface area contributed by atoms with Crippen molar-refractivity contribution in [2.75, 3.05) is 24.7 Å². The van der Waals surface area contributed by atoms with Gasteiger partial charge in [0, 0.05) is 12.6 Å². The van der Waals surface area contributed by atoms with Crippen LogP contribution in [0.5, 0.6) is 5.88 Å². The Bertz CT molecular complexity index is 1240. The molecule has 1 aliphatic heterocycles. The molecule has 0 saturated heterocycles. The van der Waals surface area contributed by atoms with E-state index in [-0.39, 0.29) is 17.9 Å². The smallest absolute Gasteiger partial charge is 0.253 e. The maximum Gasteiger partial charge on any atom is 0.253 e. The largest absolute Gasteiger partial charge is 0.480 e. The second kappa shape index (κ2) is 9.90. The Hall–Kier alpha value is -3.31. The number of aromatic nitrogens is 4. The van der Waals surface area contributed by atoms with Crippen molar-refractivity contribution in [1.82, 2.24) is 30.6 Å². The van der Waals surface area contributed by atoms with Gasteiger partial charge in [-0.2, -0.15) is 0 Å². The Balaban J connectivity index is 1.13. The monoisotopic (exact) mass is 479 g/mol. The van der Waals surface area contributed by atoms with Crippen molar-refractivity contribution in [3.05, 3.63) is 41.9 Å². The van der Waals surface area contributed by atoms with Crippen LogP contribution in [0.15, 0.2) is 35.6 Å². The molecule has 2 atom stereocenters. The average molecular weight is 480 g/mol. The fourth-order valence-corrected chi connectivity index (χ4v) is 5.05. The number of anilines is 1. The van der Waals surface area contributed by atoms with Crippen LogP contribution in [-0.4, -0.2) is 57.2 Å². The molecule has 3 aromatic rings. The van der Waals surface area contributed by atoms with E-state index in [4.69, 9.17) is 4.74 Å². The van der Waals surface area contributed by atoms with Gasteiger partial charge in [0.15, 0.2) is 5.82 Å². The zero-order chi connectivity index (χ0) is 23.5. The fraction of sp³-hybridized carbons (Fsp3) is 0.391. The van der Waals surface area contributed by atoms with Gasteiger partial charge < -0.3 is 20.7 Å². The van der Waals surface area contributed by atoms with Crippen molar-refractivity contribution < 1.29 is 14.3 Å². The SMILES string of the molecule is COc1cnc2cccc(C(=O)N[C@@H]3CC[C@@H](CNCc4cnc5c(n4)NC(=O)CS5)C3)c2n1. The minimum absolute atomic E-state index is 0.0503. The Morgan fingerprint density at radius 1 is 1.24 bits per heavy atom. The van der Waals surface area contributed by atoms with E-state index in [0.29, 0.717) is 46.5 Å². The van der Waals surface area contributed by atoms with Gasteiger partial charge in [-0.1, -0.05) is 17.8 Å². The minimum Gasteiger partial charge on any atom is -0.480 e. The van der Waals surface area contributed by atoms with Gasteiger partial charge in [0.1, 0.15) is 10.5 Å². The van der Waals surface area contributed by atoms with Gasteiger partial charge in [0.25, 0.3) is 5.91 Å². The quantitative estimate of drug-likeness (QED) is 0.466. The van der Waals surface area contributed by atoms with Crippen LogP contribution in [0.25, 0.3) is 11.0 Å². The van der Waals surface area contributed by atoms with Gasteiger partial charge in [-0.15, -0.1) is 0 Å². The first-order valence-corrected chi connectivity index (χ1v) is 12.2. The predicted molar refractivity (Wildman–Crippen MR) is 128 cm³/mol. The number of ether oxygens (including phenoxy) is 1. The van der Waals surface area contributed by atoms with Gasteiger partial charge in [-0.05, 0) is 43.9 Å². The van der Waals surface area contributed by atoms with Crippen LogP contribution >= 0.6 is 11.8 Å². The molecule has 0 bridgehead atoms. The number of nitrogens with one attached hydrogen (secondary N) is 3. The minimum atomic E-state index is -0.143. The molecule has 3 N–H and O–H groups in total. The molecule has 3 heterocycles. The number of carbonyl (C=O) groups excluding carboxylic acids is 2. The third-order valence-corrected chi connectivity index (χ3v) is 6.99. The van der Waals surface area contributed by atoms with E-state index < -0.39 is 0 Å². The van der Waals surface area contributed by atoms with E-state index in [1.807, 2.05) is 12.1 Å². The first-order valence-electron chi connectivity index (χ1n) is 11.2. The Morgan fingerprint density at radius 3 is 3.03 bits per heavy atom. The maximum absolute atomic E-state index is 13.0. The number of para-hydroxylation sites is 1. The lowest BCUT2D eigenvalue weighted by molar-refractivity contribution is -0.113. The van der Waals surface area contributed by atoms with Gasteiger partial charge in [0.05, 0.1) is 42.0 Å². The van der Waals surface area contributed by atoms with E-state index >= 15 is 0 Å². The molecule has 176 valence electrons. The van der Waals surface area contributed by atoms with E-state index in [1.165, 1.54) is 18.9 Å². The van der Waals surface area contributed by atoms with Crippen molar-refractivity contribution in [2.24, 2.45) is 5.92 Å². The highest BCUT2D eigenvalue weighted by molar-refractivity contribution is 8.00. The van der Waals surface area contributed by atoms with Crippen molar-refractivity contribution in [3.8, 4) is 5.88 Å². The number of hydrogen-bond donors (Lipinski definition) is 3. The van der Waals surface area contributed by atoms with E-state index in [1.54, 1.807) is 18.5 Å². The Morgan fingerprint density at radius 2 is 2.15 bits per heavy atom. The molecule has 10 nitrogen and oxygen atoms in total. The van der Waals surface area contributed by atoms with E-state index in [0.717, 1.165) is 36.5 Å². The topological polar surface area (TPSA) is 131 Å². The predicted octanol–water partition coefficient (Wildman–Crippen LogP) is 2.16. The summed E-state index contributed by atoms with van der Waals surface area (Å²) in [5, 5.41) is 10.1. The summed E-state index contributed by atoms with van der Waals surface area (Å²) in [5.41, 5.74) is 2.49. The van der Waals surface area contributed by atoms with E-state index in [9.17, 15) is 9.59 Å². The van der Waals surface area contributed by atoms with Crippen LogP contribution in [0.4, 0.5) is 5.82 Å². The fourth-order valence-electron chi connectivity index (χ4n) is 4.35. The van der Waals surface area contributed by atoms with Crippen LogP contribution < -0.4 is 20.7 Å². The lowest BCUT2D eigenvalue weighted by Gasteiger charge is -2.16. The van der Waals surface area contributed by atoms with Crippen molar-refractivity contribution in [2.45, 2.75) is 36.9 Å². The molecule has 0 radical (unpaired) electrons. The van der Waals surface area contributed by atoms with Gasteiger partial charge in [-0.25, -0.2) is 19.9 Å². The van der Waals surface area contributed by atoms with Crippen LogP contribution in [0.1, 0.15) is 35.3 Å². The molecule has 0 spiro atoms. The van der Waals surface area contributed by atoms with Crippen LogP contribution in [-0.2, 0) is 11.3 Å². The van der Waals surface area contributed by atoms with Crippen LogP contribution in [0.3, 0.4) is 0 Å². The van der Waals surface area contributed by atoms with Gasteiger partial charge in [0.2, 0.25) is 11.8 Å². The number of rotatable bonds is 7. The third kappa shape index (κ3) is 4.95. The standard InChI is InChI=1S/C23H25N7O3S/c1-33-19-11-25-17-4-2-3-16(20(17)30-19)22(32)28-14-6-5-13(7-14)8-24-9-15-10-26-23-21(27-15)29-18(31)12-34-23/h2-4,10-11,13-14,24H,5-9,12H2,1H3,(H,28,32)(H,27,29,31)/t13-,14-/m1/s1. The van der Waals surface area contributed by atoms with Crippen LogP contribution in [0, 0.1) is 5.92 Å². The summed E-state index contributed by atoms with van der Waals surface area (Å²) in [7, 11) is 1.53. The second-order valence-corrected chi connectivity index (χ2v) is 9.38. The summed E-state index contributed by atoms with van der Waals surface area (Å²) in [6.07, 6.45) is 6.16. The zero-order valence-corrected chi connectivity index (χ0v) is 19.5. The lowest BCUT2D eigenvalue weighted by Crippen LogP contribution is -2.33. The average Bonchev–Trinajstić information content (AvgIpc) is 3.30. The molecule has 2 aromatic heterocycles. The molecule has 5 rings (SSSR count). The molecule has 2 aliphatic rings. The van der Waals surface area contributed by atoms with E-state index in [2.05, 4.69) is 35.9 Å². The first kappa shape index (κ1) is 22.5. The number of carbonyl (C=O) groups is 2. The van der Waals surface area contributed by atoms with Crippen molar-refractivity contribution in [3.63, 3.8) is 0 Å². The maximum atomic E-state index is 13.0. The molecular weight excluding hydrogens is 454 g/mol. The summed E-state index contributed by atoms with van der Waals surface area (Å²) < 4.78 is 5.17. The molecule has 1 fully saturated rings. The number of hydrogen-bond acceptors (Lipinski definition) is 9. The van der Waals surface area contributed by atoms with Crippen molar-refractivity contribution >= 4 is 40.4 Å². The summed E-state index contributed by atoms with van der Waals surface area (Å²) in [4.78, 5) is 42.2. The highest BCUT2D eigenvalue weighted by Crippen LogP contribution is 2.28. The molecule has 2 amide bonds. The Kier molecular flexibility index (Phi) is 6.54. The zero-order valence-electron chi connectivity index (χ0n) is 18.7. The molecule has 1 aliphatic carbocycles. The number of amides is 2. The molecule has 1 saturated carbocycles. The summed E-state index contributed by atoms with van der Waals surface area (Å²) in [6, 6.07) is 5.52. The summed E-state index contributed by atoms with van der Waals surface area (Å²) >= 11 is 1.40. The number of methoxy groups -OCH3 is 1. The number of benzene rings is 1. The Labute approximate surface area is 200 Å². The van der Waals surface area contributed by atoms with Gasteiger partial charge in [-0.3, -0.25) is 9.59 Å². The van der Waals surface area contributed by atoms with Gasteiger partial charge >= 0.3 is 0 Å². The second-order valence-electron chi connectivity index (χ2n) is 8.42. The number of nitrogens with zero attached hydrogens (tertiary/aromatic N) is 4. The molecule has 1 aromatic carbocycles. The third-order valence-electron chi connectivity index (χ3n) is 6.01. The van der Waals surface area contributed by atoms with Crippen molar-refractivity contribution in [1.29, 1.82) is 0 Å². The summed E-state index contributed by atoms with van der Waals surface area (Å²) in [6.45, 7) is 1.40. The number of thioether (sulfide) groups is 1. The highest BCUT2D eigenvalue weighted by Gasteiger charge is 2.27. The molecule has 34 heavy (non-hydrogen) atoms. The molecular formula is C23H25N7O3S. The molecule has 0 unspecified atom stereocenters. The normalized spacial score (nSPS) is 19.5. The number of fused-ring (bicyclic) bond motifs is 2. The summed E-state index contributed by atoms with van der Waals surface area (Å²) in [5.74, 6) is 1.56. The highest BCUT2D eigenvalue weighted by atomic mass is 32.2. The first-order chi connectivity index (χ1) is 16.6. The lowest BCUT2D eigenvalue weighted by atomic mass is 10.1. The molecule has 11 heteroatoms. The van der Waals surface area contributed by atoms with Crippen LogP contribution in [0.2, 0.25) is 0 Å².